The molecule has 1 amide bonds. The molecule has 1 aromatic carbocycles. The molecule has 2 saturated heterocycles. The van der Waals surface area contributed by atoms with Crippen molar-refractivity contribution >= 4 is 11.9 Å². The average Bonchev–Trinajstić information content (AvgIpc) is 3.35. The highest BCUT2D eigenvalue weighted by Gasteiger charge is 2.70. The van der Waals surface area contributed by atoms with E-state index >= 15 is 0 Å². The molecule has 1 aromatic rings. The van der Waals surface area contributed by atoms with E-state index in [4.69, 9.17) is 14.2 Å². The van der Waals surface area contributed by atoms with Crippen LogP contribution in [0.5, 0.6) is 11.5 Å². The van der Waals surface area contributed by atoms with Crippen molar-refractivity contribution in [2.45, 2.75) is 37.5 Å². The van der Waals surface area contributed by atoms with E-state index in [1.54, 1.807) is 25.2 Å². The molecule has 3 aliphatic rings. The van der Waals surface area contributed by atoms with Gasteiger partial charge in [0, 0.05) is 6.54 Å². The van der Waals surface area contributed by atoms with Gasteiger partial charge >= 0.3 is 5.97 Å². The van der Waals surface area contributed by atoms with Gasteiger partial charge in [-0.1, -0.05) is 23.8 Å². The lowest BCUT2D eigenvalue weighted by Crippen LogP contribution is -2.45. The number of carbonyl (C=O) groups excluding carboxylic acids is 1. The van der Waals surface area contributed by atoms with Gasteiger partial charge in [0.25, 0.3) is 0 Å². The van der Waals surface area contributed by atoms with Gasteiger partial charge in [-0.15, -0.1) is 6.58 Å². The number of hydrogen-bond acceptors (Lipinski definition) is 5. The molecule has 3 heterocycles. The molecule has 0 radical (unpaired) electrons. The van der Waals surface area contributed by atoms with Crippen LogP contribution in [0.4, 0.5) is 0 Å². The standard InChI is InChI=1S/C23H27NO6/c1-13(2)11-18-23-9-7-16(30-23)19(22(26)27)20(23)21(25)24(18)10-8-14-5-6-15(28-3)17(12-14)29-4/h5-7,9,12,16,18-20H,1,8,10-11H2,2-4H3,(H,26,27)/t16-,18?,19?,20+,23-/m1/s1. The summed E-state index contributed by atoms with van der Waals surface area (Å²) < 4.78 is 16.8. The molecule has 7 nitrogen and oxygen atoms in total. The topological polar surface area (TPSA) is 85.3 Å². The number of nitrogens with zero attached hydrogens (tertiary/aromatic N) is 1. The quantitative estimate of drug-likeness (QED) is 0.659. The van der Waals surface area contributed by atoms with Crippen LogP contribution < -0.4 is 9.47 Å². The Morgan fingerprint density at radius 2 is 2.03 bits per heavy atom. The Labute approximate surface area is 175 Å². The number of rotatable bonds is 8. The van der Waals surface area contributed by atoms with E-state index in [0.29, 0.717) is 30.9 Å². The zero-order valence-electron chi connectivity index (χ0n) is 17.5. The van der Waals surface area contributed by atoms with Gasteiger partial charge in [0.05, 0.1) is 32.3 Å². The van der Waals surface area contributed by atoms with Crippen molar-refractivity contribution in [2.75, 3.05) is 20.8 Å². The second-order valence-electron chi connectivity index (χ2n) is 8.28. The van der Waals surface area contributed by atoms with Crippen molar-refractivity contribution in [3.63, 3.8) is 0 Å². The summed E-state index contributed by atoms with van der Waals surface area (Å²) in [4.78, 5) is 27.1. The summed E-state index contributed by atoms with van der Waals surface area (Å²) in [7, 11) is 3.17. The first-order valence-electron chi connectivity index (χ1n) is 10.1. The van der Waals surface area contributed by atoms with E-state index in [9.17, 15) is 14.7 Å². The van der Waals surface area contributed by atoms with E-state index in [2.05, 4.69) is 6.58 Å². The lowest BCUT2D eigenvalue weighted by atomic mass is 9.74. The normalized spacial score (nSPS) is 31.2. The predicted octanol–water partition coefficient (Wildman–Crippen LogP) is 2.45. The third-order valence-electron chi connectivity index (χ3n) is 6.45. The highest BCUT2D eigenvalue weighted by atomic mass is 16.5. The van der Waals surface area contributed by atoms with Crippen LogP contribution in [0, 0.1) is 11.8 Å². The molecular weight excluding hydrogens is 386 g/mol. The Balaban J connectivity index is 1.61. The molecule has 7 heteroatoms. The first-order chi connectivity index (χ1) is 14.3. The van der Waals surface area contributed by atoms with Crippen molar-refractivity contribution in [3.8, 4) is 11.5 Å². The maximum atomic E-state index is 13.4. The van der Waals surface area contributed by atoms with E-state index in [1.165, 1.54) is 0 Å². The summed E-state index contributed by atoms with van der Waals surface area (Å²) in [5.41, 5.74) is 1.04. The molecule has 1 spiro atoms. The molecular formula is C23H27NO6. The SMILES string of the molecule is C=C(C)CC1N(CCc2ccc(OC)c(OC)c2)C(=O)[C@@H]2C(C(=O)O)[C@H]3C=C[C@@]12O3. The summed E-state index contributed by atoms with van der Waals surface area (Å²) in [5.74, 6) is -1.40. The van der Waals surface area contributed by atoms with Crippen molar-refractivity contribution in [1.29, 1.82) is 0 Å². The Morgan fingerprint density at radius 1 is 1.30 bits per heavy atom. The lowest BCUT2D eigenvalue weighted by molar-refractivity contribution is -0.148. The first-order valence-corrected chi connectivity index (χ1v) is 10.1. The molecule has 0 saturated carbocycles. The minimum atomic E-state index is -0.986. The zero-order chi connectivity index (χ0) is 21.6. The van der Waals surface area contributed by atoms with Crippen LogP contribution in [-0.4, -0.2) is 60.4 Å². The fourth-order valence-electron chi connectivity index (χ4n) is 5.15. The molecule has 1 N–H and O–H groups in total. The number of ether oxygens (including phenoxy) is 3. The van der Waals surface area contributed by atoms with Gasteiger partial charge in [0.1, 0.15) is 11.5 Å². The smallest absolute Gasteiger partial charge is 0.310 e. The molecule has 5 atom stereocenters. The lowest BCUT2D eigenvalue weighted by Gasteiger charge is -2.33. The summed E-state index contributed by atoms with van der Waals surface area (Å²) in [5, 5.41) is 9.74. The fourth-order valence-corrected chi connectivity index (χ4v) is 5.15. The van der Waals surface area contributed by atoms with Crippen LogP contribution in [0.3, 0.4) is 0 Å². The fraction of sp³-hybridized carbons (Fsp3) is 0.478. The number of carboxylic acid groups (broad SMARTS) is 1. The van der Waals surface area contributed by atoms with E-state index in [0.717, 1.165) is 11.1 Å². The monoisotopic (exact) mass is 413 g/mol. The number of carbonyl (C=O) groups is 2. The van der Waals surface area contributed by atoms with E-state index in [1.807, 2.05) is 31.2 Å². The van der Waals surface area contributed by atoms with Gasteiger partial charge in [-0.05, 0) is 37.5 Å². The van der Waals surface area contributed by atoms with Crippen LogP contribution in [-0.2, 0) is 20.7 Å². The molecule has 30 heavy (non-hydrogen) atoms. The van der Waals surface area contributed by atoms with Gasteiger partial charge < -0.3 is 24.2 Å². The number of benzene rings is 1. The van der Waals surface area contributed by atoms with Gasteiger partial charge in [-0.25, -0.2) is 0 Å². The molecule has 4 rings (SSSR count). The average molecular weight is 413 g/mol. The summed E-state index contributed by atoms with van der Waals surface area (Å²) in [6.07, 6.45) is 4.33. The van der Waals surface area contributed by atoms with Crippen LogP contribution >= 0.6 is 0 Å². The highest BCUT2D eigenvalue weighted by Crippen LogP contribution is 2.56. The zero-order valence-corrected chi connectivity index (χ0v) is 17.5. The van der Waals surface area contributed by atoms with Crippen LogP contribution in [0.25, 0.3) is 0 Å². The van der Waals surface area contributed by atoms with Gasteiger partial charge in [-0.3, -0.25) is 9.59 Å². The number of carboxylic acids is 1. The summed E-state index contributed by atoms with van der Waals surface area (Å²) in [6, 6.07) is 5.41. The summed E-state index contributed by atoms with van der Waals surface area (Å²) in [6.45, 7) is 6.40. The van der Waals surface area contributed by atoms with E-state index < -0.39 is 29.5 Å². The van der Waals surface area contributed by atoms with Crippen molar-refractivity contribution in [1.82, 2.24) is 4.90 Å². The molecule has 2 fully saturated rings. The first kappa shape index (κ1) is 20.5. The molecule has 0 aromatic heterocycles. The van der Waals surface area contributed by atoms with Crippen molar-refractivity contribution in [2.24, 2.45) is 11.8 Å². The number of hydrogen-bond donors (Lipinski definition) is 1. The molecule has 160 valence electrons. The minimum Gasteiger partial charge on any atom is -0.493 e. The van der Waals surface area contributed by atoms with Crippen LogP contribution in [0.2, 0.25) is 0 Å². The maximum absolute atomic E-state index is 13.4. The predicted molar refractivity (Wildman–Crippen MR) is 110 cm³/mol. The van der Waals surface area contributed by atoms with E-state index in [-0.39, 0.29) is 11.9 Å². The van der Waals surface area contributed by atoms with Gasteiger partial charge in [-0.2, -0.15) is 0 Å². The van der Waals surface area contributed by atoms with Gasteiger partial charge in [0.15, 0.2) is 11.5 Å². The number of fused-ring (bicyclic) bond motifs is 1. The number of amides is 1. The Kier molecular flexibility index (Phi) is 5.10. The second kappa shape index (κ2) is 7.47. The molecule has 2 bridgehead atoms. The molecule has 3 aliphatic heterocycles. The number of aliphatic carboxylic acids is 1. The maximum Gasteiger partial charge on any atom is 0.310 e. The minimum absolute atomic E-state index is 0.152. The second-order valence-corrected chi connectivity index (χ2v) is 8.28. The third-order valence-corrected chi connectivity index (χ3v) is 6.45. The van der Waals surface area contributed by atoms with Crippen LogP contribution in [0.1, 0.15) is 18.9 Å². The molecule has 2 unspecified atom stereocenters. The van der Waals surface area contributed by atoms with Gasteiger partial charge in [0.2, 0.25) is 5.91 Å². The third kappa shape index (κ3) is 2.99. The number of likely N-dealkylation sites (tertiary alicyclic amines) is 1. The number of methoxy groups -OCH3 is 2. The van der Waals surface area contributed by atoms with Crippen molar-refractivity contribution in [3.05, 3.63) is 48.1 Å². The molecule has 0 aliphatic carbocycles. The van der Waals surface area contributed by atoms with Crippen LogP contribution in [0.15, 0.2) is 42.5 Å². The largest absolute Gasteiger partial charge is 0.493 e. The highest BCUT2D eigenvalue weighted by molar-refractivity contribution is 5.91. The summed E-state index contributed by atoms with van der Waals surface area (Å²) >= 11 is 0. The Bertz CT molecular complexity index is 924. The van der Waals surface area contributed by atoms with Crippen molar-refractivity contribution < 1.29 is 28.9 Å². The Hall–Kier alpha value is -2.80. The Morgan fingerprint density at radius 3 is 2.67 bits per heavy atom.